The van der Waals surface area contributed by atoms with Crippen LogP contribution in [0.4, 0.5) is 0 Å². The third-order valence-corrected chi connectivity index (χ3v) is 3.19. The van der Waals surface area contributed by atoms with Crippen molar-refractivity contribution >= 4 is 34.8 Å². The molecule has 2 N–H and O–H groups in total. The summed E-state index contributed by atoms with van der Waals surface area (Å²) in [5.74, 6) is -0.693. The van der Waals surface area contributed by atoms with Crippen LogP contribution in [-0.4, -0.2) is 10.2 Å². The maximum atomic E-state index is 9.81. The third kappa shape index (κ3) is 2.29. The van der Waals surface area contributed by atoms with Crippen LogP contribution in [0.2, 0.25) is 15.1 Å². The molecular weight excluding hydrogens is 282 g/mol. The molecule has 17 heavy (non-hydrogen) atoms. The minimum absolute atomic E-state index is 0.0735. The molecule has 0 bridgehead atoms. The Balaban J connectivity index is 2.69. The molecule has 0 saturated heterocycles. The first-order valence-corrected chi connectivity index (χ1v) is 5.80. The third-order valence-electron chi connectivity index (χ3n) is 2.32. The number of benzene rings is 2. The summed E-state index contributed by atoms with van der Waals surface area (Å²) in [4.78, 5) is 0. The Labute approximate surface area is 113 Å². The smallest absolute Gasteiger partial charge is 0.177 e. The van der Waals surface area contributed by atoms with E-state index in [0.717, 1.165) is 0 Å². The van der Waals surface area contributed by atoms with E-state index in [1.165, 1.54) is 6.07 Å². The lowest BCUT2D eigenvalue weighted by atomic mass is 10.0. The molecule has 0 unspecified atom stereocenters. The van der Waals surface area contributed by atoms with E-state index in [9.17, 15) is 10.2 Å². The molecule has 0 aliphatic carbocycles. The van der Waals surface area contributed by atoms with Crippen LogP contribution >= 0.6 is 34.8 Å². The van der Waals surface area contributed by atoms with E-state index in [1.54, 1.807) is 24.3 Å². The summed E-state index contributed by atoms with van der Waals surface area (Å²) in [7, 11) is 0. The van der Waals surface area contributed by atoms with Crippen molar-refractivity contribution in [1.29, 1.82) is 0 Å². The van der Waals surface area contributed by atoms with Gasteiger partial charge in [-0.25, -0.2) is 0 Å². The van der Waals surface area contributed by atoms with Gasteiger partial charge in [0.1, 0.15) is 0 Å². The molecule has 0 radical (unpaired) electrons. The second kappa shape index (κ2) is 4.65. The van der Waals surface area contributed by atoms with Crippen LogP contribution in [0, 0.1) is 0 Å². The Hall–Kier alpha value is -1.09. The molecular formula is C12H7Cl3O2. The summed E-state index contributed by atoms with van der Waals surface area (Å²) >= 11 is 17.5. The molecule has 0 amide bonds. The fourth-order valence-corrected chi connectivity index (χ4v) is 2.02. The molecule has 0 aliphatic heterocycles. The van der Waals surface area contributed by atoms with Crippen molar-refractivity contribution in [3.63, 3.8) is 0 Å². The Bertz CT molecular complexity index is 582. The van der Waals surface area contributed by atoms with Crippen LogP contribution in [0.25, 0.3) is 11.1 Å². The van der Waals surface area contributed by atoms with E-state index in [2.05, 4.69) is 0 Å². The molecule has 0 atom stereocenters. The summed E-state index contributed by atoms with van der Waals surface area (Å²) in [6.07, 6.45) is 0. The first-order chi connectivity index (χ1) is 8.00. The van der Waals surface area contributed by atoms with Gasteiger partial charge in [-0.1, -0.05) is 34.8 Å². The molecule has 2 rings (SSSR count). The minimum Gasteiger partial charge on any atom is -0.504 e. The number of phenolic OH excluding ortho intramolecular Hbond substituents is 2. The van der Waals surface area contributed by atoms with Gasteiger partial charge in [-0.05, 0) is 30.3 Å². The summed E-state index contributed by atoms with van der Waals surface area (Å²) in [6.45, 7) is 0. The molecule has 2 nitrogen and oxygen atoms in total. The first kappa shape index (κ1) is 12.4. The molecule has 0 heterocycles. The fraction of sp³-hybridized carbons (Fsp3) is 0. The van der Waals surface area contributed by atoms with Crippen LogP contribution in [-0.2, 0) is 0 Å². The van der Waals surface area contributed by atoms with Gasteiger partial charge in [-0.15, -0.1) is 0 Å². The predicted octanol–water partition coefficient (Wildman–Crippen LogP) is 4.73. The van der Waals surface area contributed by atoms with Crippen molar-refractivity contribution in [3.8, 4) is 22.6 Å². The Kier molecular flexibility index (Phi) is 3.38. The zero-order valence-corrected chi connectivity index (χ0v) is 10.7. The average molecular weight is 290 g/mol. The van der Waals surface area contributed by atoms with E-state index < -0.39 is 0 Å². The highest BCUT2D eigenvalue weighted by Crippen LogP contribution is 2.43. The predicted molar refractivity (Wildman–Crippen MR) is 70.2 cm³/mol. The van der Waals surface area contributed by atoms with Crippen LogP contribution in [0.5, 0.6) is 11.5 Å². The SMILES string of the molecule is Oc1c(Cl)ccc(-c2cc(Cl)ccc2Cl)c1O. The lowest BCUT2D eigenvalue weighted by Crippen LogP contribution is -1.82. The van der Waals surface area contributed by atoms with Crippen LogP contribution in [0.3, 0.4) is 0 Å². The zero-order valence-electron chi connectivity index (χ0n) is 8.42. The molecule has 2 aromatic rings. The van der Waals surface area contributed by atoms with Crippen LogP contribution in [0.15, 0.2) is 30.3 Å². The van der Waals surface area contributed by atoms with Crippen molar-refractivity contribution in [2.75, 3.05) is 0 Å². The van der Waals surface area contributed by atoms with Gasteiger partial charge in [-0.2, -0.15) is 0 Å². The van der Waals surface area contributed by atoms with Crippen molar-refractivity contribution in [3.05, 3.63) is 45.4 Å². The minimum atomic E-state index is -0.375. The average Bonchev–Trinajstić information content (AvgIpc) is 2.30. The van der Waals surface area contributed by atoms with Crippen molar-refractivity contribution in [2.45, 2.75) is 0 Å². The van der Waals surface area contributed by atoms with E-state index in [-0.39, 0.29) is 16.5 Å². The van der Waals surface area contributed by atoms with Gasteiger partial charge >= 0.3 is 0 Å². The van der Waals surface area contributed by atoms with E-state index in [1.807, 2.05) is 0 Å². The molecule has 0 spiro atoms. The Morgan fingerprint density at radius 3 is 2.06 bits per heavy atom. The molecule has 0 aliphatic rings. The lowest BCUT2D eigenvalue weighted by molar-refractivity contribution is 0.405. The highest BCUT2D eigenvalue weighted by Gasteiger charge is 2.14. The fourth-order valence-electron chi connectivity index (χ4n) is 1.48. The second-order valence-corrected chi connectivity index (χ2v) is 4.67. The number of phenols is 2. The molecule has 88 valence electrons. The Morgan fingerprint density at radius 1 is 0.706 bits per heavy atom. The summed E-state index contributed by atoms with van der Waals surface area (Å²) < 4.78 is 0. The summed E-state index contributed by atoms with van der Waals surface area (Å²) in [5, 5.41) is 20.3. The first-order valence-electron chi connectivity index (χ1n) is 4.66. The van der Waals surface area contributed by atoms with Gasteiger partial charge in [-0.3, -0.25) is 0 Å². The largest absolute Gasteiger partial charge is 0.504 e. The van der Waals surface area contributed by atoms with Crippen LogP contribution in [0.1, 0.15) is 0 Å². The monoisotopic (exact) mass is 288 g/mol. The summed E-state index contributed by atoms with van der Waals surface area (Å²) in [6, 6.07) is 7.90. The number of hydrogen-bond donors (Lipinski definition) is 2. The van der Waals surface area contributed by atoms with E-state index >= 15 is 0 Å². The lowest BCUT2D eigenvalue weighted by Gasteiger charge is -2.09. The van der Waals surface area contributed by atoms with Crippen molar-refractivity contribution in [1.82, 2.24) is 0 Å². The standard InChI is InChI=1S/C12H7Cl3O2/c13-6-1-3-9(14)8(5-6)7-2-4-10(15)12(17)11(7)16/h1-5,16-17H. The molecule has 0 fully saturated rings. The molecule has 2 aromatic carbocycles. The molecule has 0 saturated carbocycles. The molecule has 5 heteroatoms. The van der Waals surface area contributed by atoms with Crippen molar-refractivity contribution < 1.29 is 10.2 Å². The zero-order chi connectivity index (χ0) is 12.6. The number of rotatable bonds is 1. The normalized spacial score (nSPS) is 10.5. The van der Waals surface area contributed by atoms with Gasteiger partial charge in [0.2, 0.25) is 0 Å². The Morgan fingerprint density at radius 2 is 1.35 bits per heavy atom. The van der Waals surface area contributed by atoms with E-state index in [0.29, 0.717) is 21.2 Å². The number of aromatic hydroxyl groups is 2. The maximum absolute atomic E-state index is 9.81. The number of hydrogen-bond acceptors (Lipinski definition) is 2. The maximum Gasteiger partial charge on any atom is 0.177 e. The topological polar surface area (TPSA) is 40.5 Å². The quantitative estimate of drug-likeness (QED) is 0.745. The van der Waals surface area contributed by atoms with Gasteiger partial charge < -0.3 is 10.2 Å². The van der Waals surface area contributed by atoms with Gasteiger partial charge in [0.05, 0.1) is 5.02 Å². The molecule has 0 aromatic heterocycles. The van der Waals surface area contributed by atoms with Crippen LogP contribution < -0.4 is 0 Å². The number of halogens is 3. The van der Waals surface area contributed by atoms with Gasteiger partial charge in [0.25, 0.3) is 0 Å². The summed E-state index contributed by atoms with van der Waals surface area (Å²) in [5.41, 5.74) is 0.906. The van der Waals surface area contributed by atoms with E-state index in [4.69, 9.17) is 34.8 Å². The highest BCUT2D eigenvalue weighted by molar-refractivity contribution is 6.35. The second-order valence-electron chi connectivity index (χ2n) is 3.42. The van der Waals surface area contributed by atoms with Gasteiger partial charge in [0, 0.05) is 21.2 Å². The van der Waals surface area contributed by atoms with Gasteiger partial charge in [0.15, 0.2) is 11.5 Å². The van der Waals surface area contributed by atoms with Crippen molar-refractivity contribution in [2.24, 2.45) is 0 Å². The highest BCUT2D eigenvalue weighted by atomic mass is 35.5.